The number of alkyl halides is 2. The fourth-order valence-corrected chi connectivity index (χ4v) is 3.18. The number of hydrogen-bond donors (Lipinski definition) is 2. The Bertz CT molecular complexity index is 576. The lowest BCUT2D eigenvalue weighted by atomic mass is 9.87. The first-order valence-corrected chi connectivity index (χ1v) is 8.29. The number of imide groups is 1. The van der Waals surface area contributed by atoms with Crippen LogP contribution in [0.2, 0.25) is 0 Å². The number of carbonyl (C=O) groups excluding carboxylic acids is 3. The minimum Gasteiger partial charge on any atom is -0.460 e. The molecular formula is C16H25F2N3O4. The van der Waals surface area contributed by atoms with Gasteiger partial charge in [-0.1, -0.05) is 6.92 Å². The number of urea groups is 1. The quantitative estimate of drug-likeness (QED) is 0.569. The fraction of sp³-hybridized carbons (Fsp3) is 0.812. The van der Waals surface area contributed by atoms with Gasteiger partial charge in [-0.15, -0.1) is 0 Å². The molecule has 0 radical (unpaired) electrons. The van der Waals surface area contributed by atoms with Crippen molar-refractivity contribution >= 4 is 17.9 Å². The summed E-state index contributed by atoms with van der Waals surface area (Å²) in [4.78, 5) is 37.6. The third kappa shape index (κ3) is 4.87. The lowest BCUT2D eigenvalue weighted by molar-refractivity contribution is -0.160. The predicted octanol–water partition coefficient (Wildman–Crippen LogP) is 1.27. The van der Waals surface area contributed by atoms with E-state index in [0.717, 1.165) is 0 Å². The molecule has 2 aliphatic rings. The van der Waals surface area contributed by atoms with E-state index in [1.807, 2.05) is 0 Å². The van der Waals surface area contributed by atoms with E-state index in [0.29, 0.717) is 0 Å². The number of amides is 3. The lowest BCUT2D eigenvalue weighted by Gasteiger charge is -2.33. The molecule has 2 heterocycles. The highest BCUT2D eigenvalue weighted by Crippen LogP contribution is 2.31. The van der Waals surface area contributed by atoms with Crippen LogP contribution in [0, 0.1) is 5.92 Å². The topological polar surface area (TPSA) is 87.7 Å². The average molecular weight is 361 g/mol. The number of hydrogen-bond acceptors (Lipinski definition) is 5. The molecule has 2 atom stereocenters. The summed E-state index contributed by atoms with van der Waals surface area (Å²) >= 11 is 0. The maximum absolute atomic E-state index is 13.4. The Balaban J connectivity index is 2.12. The maximum atomic E-state index is 13.4. The van der Waals surface area contributed by atoms with Gasteiger partial charge in [0.15, 0.2) is 0 Å². The van der Waals surface area contributed by atoms with Gasteiger partial charge in [0.25, 0.3) is 11.8 Å². The van der Waals surface area contributed by atoms with Gasteiger partial charge in [0.05, 0.1) is 12.5 Å². The molecule has 0 saturated carbocycles. The number of likely N-dealkylation sites (tertiary alicyclic amines) is 1. The second-order valence-electron chi connectivity index (χ2n) is 7.95. The molecule has 2 rings (SSSR count). The molecule has 3 amide bonds. The second-order valence-corrected chi connectivity index (χ2v) is 7.95. The first kappa shape index (κ1) is 19.6. The van der Waals surface area contributed by atoms with Crippen molar-refractivity contribution in [1.29, 1.82) is 0 Å². The Morgan fingerprint density at radius 2 is 2.00 bits per heavy atom. The zero-order chi connectivity index (χ0) is 19.0. The van der Waals surface area contributed by atoms with Crippen LogP contribution in [0.3, 0.4) is 0 Å². The largest absolute Gasteiger partial charge is 0.460 e. The number of esters is 1. The zero-order valence-corrected chi connectivity index (χ0v) is 14.9. The molecule has 0 bridgehead atoms. The van der Waals surface area contributed by atoms with Crippen molar-refractivity contribution in [3.63, 3.8) is 0 Å². The van der Waals surface area contributed by atoms with E-state index in [-0.39, 0.29) is 25.9 Å². The number of ether oxygens (including phenoxy) is 1. The summed E-state index contributed by atoms with van der Waals surface area (Å²) in [6.45, 7) is 6.34. The molecule has 2 N–H and O–H groups in total. The van der Waals surface area contributed by atoms with E-state index in [4.69, 9.17) is 4.74 Å². The predicted molar refractivity (Wildman–Crippen MR) is 85.0 cm³/mol. The molecule has 0 aromatic carbocycles. The Morgan fingerprint density at radius 3 is 2.44 bits per heavy atom. The Kier molecular flexibility index (Phi) is 5.09. The van der Waals surface area contributed by atoms with Crippen molar-refractivity contribution in [3.05, 3.63) is 0 Å². The van der Waals surface area contributed by atoms with E-state index in [9.17, 15) is 23.2 Å². The zero-order valence-electron chi connectivity index (χ0n) is 14.9. The van der Waals surface area contributed by atoms with Crippen molar-refractivity contribution in [2.75, 3.05) is 19.6 Å². The standard InChI is InChI=1S/C16H25F2N3O4/c1-10(11(22)25-14(2,3)4)7-15(12(23)19-13(24)20-15)8-21-6-5-16(17,18)9-21/h10H,5-9H2,1-4H3,(H2,19,20,23,24). The van der Waals surface area contributed by atoms with Crippen LogP contribution in [0.25, 0.3) is 0 Å². The highest BCUT2D eigenvalue weighted by molar-refractivity contribution is 6.07. The van der Waals surface area contributed by atoms with Crippen LogP contribution in [0.1, 0.15) is 40.5 Å². The summed E-state index contributed by atoms with van der Waals surface area (Å²) in [6, 6.07) is -0.688. The highest BCUT2D eigenvalue weighted by atomic mass is 19.3. The first-order valence-electron chi connectivity index (χ1n) is 8.29. The molecule has 2 unspecified atom stereocenters. The maximum Gasteiger partial charge on any atom is 0.322 e. The fourth-order valence-electron chi connectivity index (χ4n) is 3.18. The van der Waals surface area contributed by atoms with Crippen LogP contribution >= 0.6 is 0 Å². The number of rotatable bonds is 5. The van der Waals surface area contributed by atoms with Gasteiger partial charge < -0.3 is 10.1 Å². The van der Waals surface area contributed by atoms with Gasteiger partial charge in [0.2, 0.25) is 0 Å². The van der Waals surface area contributed by atoms with Gasteiger partial charge in [-0.05, 0) is 27.2 Å². The van der Waals surface area contributed by atoms with E-state index in [2.05, 4.69) is 10.6 Å². The molecule has 2 fully saturated rings. The molecule has 0 aliphatic carbocycles. The molecule has 0 spiro atoms. The minimum atomic E-state index is -2.81. The Labute approximate surface area is 145 Å². The van der Waals surface area contributed by atoms with E-state index in [1.165, 1.54) is 4.90 Å². The van der Waals surface area contributed by atoms with Crippen LogP contribution < -0.4 is 10.6 Å². The summed E-state index contributed by atoms with van der Waals surface area (Å²) in [5, 5.41) is 4.67. The first-order chi connectivity index (χ1) is 11.3. The van der Waals surface area contributed by atoms with Gasteiger partial charge in [-0.3, -0.25) is 19.8 Å². The summed E-state index contributed by atoms with van der Waals surface area (Å²) in [7, 11) is 0. The summed E-state index contributed by atoms with van der Waals surface area (Å²) in [5.41, 5.74) is -2.11. The van der Waals surface area contributed by atoms with Crippen molar-refractivity contribution in [3.8, 4) is 0 Å². The lowest BCUT2D eigenvalue weighted by Crippen LogP contribution is -2.56. The van der Waals surface area contributed by atoms with E-state index in [1.54, 1.807) is 27.7 Å². The van der Waals surface area contributed by atoms with Crippen LogP contribution in [-0.2, 0) is 14.3 Å². The smallest absolute Gasteiger partial charge is 0.322 e. The molecule has 7 nitrogen and oxygen atoms in total. The SMILES string of the molecule is CC(CC1(CN2CCC(F)(F)C2)NC(=O)NC1=O)C(=O)OC(C)(C)C. The third-order valence-electron chi connectivity index (χ3n) is 4.22. The normalized spacial score (nSPS) is 27.8. The molecule has 0 aromatic rings. The number of halogens is 2. The van der Waals surface area contributed by atoms with Crippen molar-refractivity contribution in [2.24, 2.45) is 5.92 Å². The number of nitrogens with one attached hydrogen (secondary N) is 2. The summed E-state index contributed by atoms with van der Waals surface area (Å²) in [5.74, 6) is -4.61. The molecule has 0 aromatic heterocycles. The molecule has 9 heteroatoms. The van der Waals surface area contributed by atoms with Gasteiger partial charge in [0.1, 0.15) is 11.1 Å². The van der Waals surface area contributed by atoms with Gasteiger partial charge in [0, 0.05) is 19.5 Å². The molecular weight excluding hydrogens is 336 g/mol. The van der Waals surface area contributed by atoms with Crippen molar-refractivity contribution in [1.82, 2.24) is 15.5 Å². The van der Waals surface area contributed by atoms with Crippen molar-refractivity contribution in [2.45, 2.75) is 57.6 Å². The third-order valence-corrected chi connectivity index (χ3v) is 4.22. The average Bonchev–Trinajstić information content (AvgIpc) is 2.87. The summed E-state index contributed by atoms with van der Waals surface area (Å²) < 4.78 is 32.2. The van der Waals surface area contributed by atoms with Gasteiger partial charge in [-0.25, -0.2) is 13.6 Å². The van der Waals surface area contributed by atoms with E-state index >= 15 is 0 Å². The second kappa shape index (κ2) is 6.51. The molecule has 2 aliphatic heterocycles. The van der Waals surface area contributed by atoms with Crippen LogP contribution in [0.4, 0.5) is 13.6 Å². The van der Waals surface area contributed by atoms with Crippen molar-refractivity contribution < 1.29 is 27.9 Å². The van der Waals surface area contributed by atoms with Gasteiger partial charge >= 0.3 is 12.0 Å². The number of carbonyl (C=O) groups is 3. The highest BCUT2D eigenvalue weighted by Gasteiger charge is 2.51. The summed E-state index contributed by atoms with van der Waals surface area (Å²) in [6.07, 6.45) is -0.318. The number of nitrogens with zero attached hydrogens (tertiary/aromatic N) is 1. The molecule has 142 valence electrons. The van der Waals surface area contributed by atoms with Crippen LogP contribution in [0.5, 0.6) is 0 Å². The molecule has 2 saturated heterocycles. The van der Waals surface area contributed by atoms with Gasteiger partial charge in [-0.2, -0.15) is 0 Å². The van der Waals surface area contributed by atoms with Crippen LogP contribution in [0.15, 0.2) is 0 Å². The minimum absolute atomic E-state index is 0.0262. The Morgan fingerprint density at radius 1 is 1.36 bits per heavy atom. The molecule has 25 heavy (non-hydrogen) atoms. The monoisotopic (exact) mass is 361 g/mol. The van der Waals surface area contributed by atoms with E-state index < -0.39 is 47.4 Å². The Hall–Kier alpha value is -1.77. The van der Waals surface area contributed by atoms with Crippen LogP contribution in [-0.4, -0.2) is 59.5 Å².